The first-order valence-electron chi connectivity index (χ1n) is 4.41. The molecule has 2 N–H and O–H groups in total. The van der Waals surface area contributed by atoms with E-state index < -0.39 is 34.7 Å². The van der Waals surface area contributed by atoms with Gasteiger partial charge in [-0.25, -0.2) is 13.8 Å². The van der Waals surface area contributed by atoms with Crippen LogP contribution in [0.25, 0.3) is 10.9 Å². The third-order valence-electron chi connectivity index (χ3n) is 2.15. The van der Waals surface area contributed by atoms with Crippen LogP contribution in [-0.2, 0) is 6.18 Å². The Morgan fingerprint density at radius 3 is 2.29 bits per heavy atom. The van der Waals surface area contributed by atoms with Crippen molar-refractivity contribution in [2.45, 2.75) is 6.18 Å². The smallest absolute Gasteiger partial charge is 0.398 e. The van der Waals surface area contributed by atoms with Gasteiger partial charge in [0.05, 0.1) is 10.9 Å². The number of nitrogens with two attached hydrogens (primary N) is 1. The molecule has 0 spiro atoms. The number of pyridine rings is 1. The Bertz CT molecular complexity index is 591. The van der Waals surface area contributed by atoms with Gasteiger partial charge in [0, 0.05) is 17.8 Å². The van der Waals surface area contributed by atoms with E-state index in [0.717, 1.165) is 0 Å². The minimum atomic E-state index is -4.72. The molecule has 0 unspecified atom stereocenters. The van der Waals surface area contributed by atoms with Gasteiger partial charge in [0.25, 0.3) is 0 Å². The molecule has 90 valence electrons. The quantitative estimate of drug-likeness (QED) is 0.727. The number of nitrogens with zero attached hydrogens (tertiary/aromatic N) is 1. The zero-order valence-electron chi connectivity index (χ0n) is 8.15. The van der Waals surface area contributed by atoms with E-state index in [-0.39, 0.29) is 5.39 Å². The highest BCUT2D eigenvalue weighted by atomic mass is 19.4. The van der Waals surface area contributed by atoms with Crippen LogP contribution in [-0.4, -0.2) is 4.98 Å². The Hall–Kier alpha value is -1.92. The molecule has 0 saturated carbocycles. The largest absolute Gasteiger partial charge is 0.433 e. The van der Waals surface area contributed by atoms with Crippen LogP contribution < -0.4 is 5.73 Å². The summed E-state index contributed by atoms with van der Waals surface area (Å²) in [6, 6.07) is 1.75. The minimum absolute atomic E-state index is 0.320. The van der Waals surface area contributed by atoms with Gasteiger partial charge in [-0.15, -0.1) is 0 Å². The van der Waals surface area contributed by atoms with Gasteiger partial charge >= 0.3 is 6.18 Å². The first kappa shape index (κ1) is 11.6. The van der Waals surface area contributed by atoms with Gasteiger partial charge in [-0.2, -0.15) is 13.2 Å². The maximum Gasteiger partial charge on any atom is 0.433 e. The molecule has 0 bridgehead atoms. The van der Waals surface area contributed by atoms with Gasteiger partial charge < -0.3 is 5.73 Å². The van der Waals surface area contributed by atoms with Crippen LogP contribution >= 0.6 is 0 Å². The standard InChI is InChI=1S/C10H5F5N2/c11-4-1-5(12)9-6(16)3-8(10(13,14)15)17-7(9)2-4/h1-3H,(H2,16,17). The Kier molecular flexibility index (Phi) is 2.41. The topological polar surface area (TPSA) is 38.9 Å². The van der Waals surface area contributed by atoms with E-state index in [9.17, 15) is 22.0 Å². The highest BCUT2D eigenvalue weighted by molar-refractivity contribution is 5.90. The first-order valence-corrected chi connectivity index (χ1v) is 4.41. The summed E-state index contributed by atoms with van der Waals surface area (Å²) in [6.07, 6.45) is -4.72. The summed E-state index contributed by atoms with van der Waals surface area (Å²) in [6.45, 7) is 0. The summed E-state index contributed by atoms with van der Waals surface area (Å²) in [5.74, 6) is -2.06. The fourth-order valence-electron chi connectivity index (χ4n) is 1.46. The molecule has 0 fully saturated rings. The zero-order valence-corrected chi connectivity index (χ0v) is 8.15. The van der Waals surface area contributed by atoms with E-state index >= 15 is 0 Å². The number of rotatable bonds is 0. The van der Waals surface area contributed by atoms with Crippen molar-refractivity contribution in [3.63, 3.8) is 0 Å². The average Bonchev–Trinajstić information content (AvgIpc) is 2.13. The van der Waals surface area contributed by atoms with Gasteiger partial charge in [0.15, 0.2) is 0 Å². The third kappa shape index (κ3) is 2.00. The van der Waals surface area contributed by atoms with Gasteiger partial charge in [-0.1, -0.05) is 0 Å². The number of fused-ring (bicyclic) bond motifs is 1. The van der Waals surface area contributed by atoms with Crippen molar-refractivity contribution in [3.05, 3.63) is 35.5 Å². The van der Waals surface area contributed by atoms with E-state index in [4.69, 9.17) is 5.73 Å². The van der Waals surface area contributed by atoms with Gasteiger partial charge in [-0.3, -0.25) is 0 Å². The lowest BCUT2D eigenvalue weighted by molar-refractivity contribution is -0.140. The molecule has 7 heteroatoms. The van der Waals surface area contributed by atoms with E-state index in [1.54, 1.807) is 0 Å². The van der Waals surface area contributed by atoms with Crippen molar-refractivity contribution in [2.24, 2.45) is 0 Å². The van der Waals surface area contributed by atoms with Crippen LogP contribution in [0.2, 0.25) is 0 Å². The second kappa shape index (κ2) is 3.54. The van der Waals surface area contributed by atoms with Crippen LogP contribution in [0, 0.1) is 11.6 Å². The Balaban J connectivity index is 2.82. The number of hydrogen-bond acceptors (Lipinski definition) is 2. The molecule has 2 nitrogen and oxygen atoms in total. The average molecular weight is 248 g/mol. The molecule has 0 amide bonds. The monoisotopic (exact) mass is 248 g/mol. The predicted molar refractivity (Wildman–Crippen MR) is 51.1 cm³/mol. The van der Waals surface area contributed by atoms with Gasteiger partial charge in [-0.05, 0) is 6.07 Å². The highest BCUT2D eigenvalue weighted by Gasteiger charge is 2.33. The maximum atomic E-state index is 13.3. The predicted octanol–water partition coefficient (Wildman–Crippen LogP) is 3.11. The van der Waals surface area contributed by atoms with Crippen molar-refractivity contribution in [1.82, 2.24) is 4.98 Å². The molecule has 2 rings (SSSR count). The number of aromatic nitrogens is 1. The van der Waals surface area contributed by atoms with E-state index in [0.29, 0.717) is 18.2 Å². The van der Waals surface area contributed by atoms with E-state index in [2.05, 4.69) is 4.98 Å². The second-order valence-electron chi connectivity index (χ2n) is 3.38. The fraction of sp³-hybridized carbons (Fsp3) is 0.100. The lowest BCUT2D eigenvalue weighted by Crippen LogP contribution is -2.09. The highest BCUT2D eigenvalue weighted by Crippen LogP contribution is 2.33. The number of anilines is 1. The molecule has 0 atom stereocenters. The summed E-state index contributed by atoms with van der Waals surface area (Å²) in [4.78, 5) is 3.14. The lowest BCUT2D eigenvalue weighted by Gasteiger charge is -2.09. The fourth-order valence-corrected chi connectivity index (χ4v) is 1.46. The van der Waals surface area contributed by atoms with Crippen molar-refractivity contribution in [2.75, 3.05) is 5.73 Å². The SMILES string of the molecule is Nc1cc(C(F)(F)F)nc2cc(F)cc(F)c12. The summed E-state index contributed by atoms with van der Waals surface area (Å²) in [5.41, 5.74) is 3.12. The molecular formula is C10H5F5N2. The summed E-state index contributed by atoms with van der Waals surface area (Å²) in [5, 5.41) is -0.320. The normalized spacial score (nSPS) is 12.1. The number of benzene rings is 1. The van der Waals surface area contributed by atoms with Crippen molar-refractivity contribution >= 4 is 16.6 Å². The number of alkyl halides is 3. The molecule has 0 radical (unpaired) electrons. The minimum Gasteiger partial charge on any atom is -0.398 e. The third-order valence-corrected chi connectivity index (χ3v) is 2.15. The molecule has 1 aromatic heterocycles. The molecule has 0 saturated heterocycles. The van der Waals surface area contributed by atoms with Crippen LogP contribution in [0.4, 0.5) is 27.6 Å². The number of nitrogen functional groups attached to an aromatic ring is 1. The molecule has 0 aliphatic rings. The Morgan fingerprint density at radius 2 is 1.71 bits per heavy atom. The molecule has 1 aromatic carbocycles. The molecule has 0 aliphatic heterocycles. The van der Waals surface area contributed by atoms with Crippen LogP contribution in [0.15, 0.2) is 18.2 Å². The van der Waals surface area contributed by atoms with Gasteiger partial charge in [0.2, 0.25) is 0 Å². The number of halogens is 5. The zero-order chi connectivity index (χ0) is 12.8. The maximum absolute atomic E-state index is 13.3. The van der Waals surface area contributed by atoms with Crippen LogP contribution in [0.3, 0.4) is 0 Å². The molecular weight excluding hydrogens is 243 g/mol. The molecule has 1 heterocycles. The van der Waals surface area contributed by atoms with Crippen molar-refractivity contribution in [1.29, 1.82) is 0 Å². The number of hydrogen-bond donors (Lipinski definition) is 1. The van der Waals surface area contributed by atoms with E-state index in [1.165, 1.54) is 0 Å². The second-order valence-corrected chi connectivity index (χ2v) is 3.38. The Morgan fingerprint density at radius 1 is 1.06 bits per heavy atom. The van der Waals surface area contributed by atoms with Crippen molar-refractivity contribution < 1.29 is 22.0 Å². The van der Waals surface area contributed by atoms with Crippen LogP contribution in [0.5, 0.6) is 0 Å². The summed E-state index contributed by atoms with van der Waals surface area (Å²) in [7, 11) is 0. The van der Waals surface area contributed by atoms with Gasteiger partial charge in [0.1, 0.15) is 17.3 Å². The Labute approximate surface area is 91.9 Å². The lowest BCUT2D eigenvalue weighted by atomic mass is 10.1. The van der Waals surface area contributed by atoms with Crippen molar-refractivity contribution in [3.8, 4) is 0 Å². The first-order chi connectivity index (χ1) is 7.79. The molecule has 17 heavy (non-hydrogen) atoms. The van der Waals surface area contributed by atoms with E-state index in [1.807, 2.05) is 0 Å². The van der Waals surface area contributed by atoms with Crippen LogP contribution in [0.1, 0.15) is 5.69 Å². The molecule has 2 aromatic rings. The molecule has 0 aliphatic carbocycles. The summed E-state index contributed by atoms with van der Waals surface area (Å²) >= 11 is 0. The summed E-state index contributed by atoms with van der Waals surface area (Å²) < 4.78 is 63.3.